The number of nitriles is 1. The number of hydrogen-bond acceptors (Lipinski definition) is 5. The highest BCUT2D eigenvalue weighted by Crippen LogP contribution is 2.30. The lowest BCUT2D eigenvalue weighted by Crippen LogP contribution is -2.25. The predicted octanol–water partition coefficient (Wildman–Crippen LogP) is 1.98. The molecular formula is C13H12BrF2N5O2. The molecule has 1 unspecified atom stereocenters. The van der Waals surface area contributed by atoms with E-state index < -0.39 is 24.3 Å². The molecule has 0 bridgehead atoms. The Balaban J connectivity index is 2.44. The number of aromatic nitrogens is 4. The Bertz CT molecular complexity index is 799. The lowest BCUT2D eigenvalue weighted by atomic mass is 10.3. The minimum absolute atomic E-state index is 0.0440. The van der Waals surface area contributed by atoms with Gasteiger partial charge in [0.1, 0.15) is 17.5 Å². The molecule has 1 aromatic carbocycles. The number of ether oxygens (including phenoxy) is 1. The molecule has 0 amide bonds. The quantitative estimate of drug-likeness (QED) is 0.756. The molecule has 2 rings (SSSR count). The van der Waals surface area contributed by atoms with Gasteiger partial charge in [0, 0.05) is 6.07 Å². The highest BCUT2D eigenvalue weighted by atomic mass is 79.9. The second-order valence-corrected chi connectivity index (χ2v) is 5.42. The first-order chi connectivity index (χ1) is 11.0. The SMILES string of the molecule is CC(C#N)Oc1cc(-n2nnn(CCCF)c2=O)c(F)cc1Br. The summed E-state index contributed by atoms with van der Waals surface area (Å²) in [5.41, 5.74) is -0.871. The Morgan fingerprint density at radius 1 is 1.48 bits per heavy atom. The van der Waals surface area contributed by atoms with Gasteiger partial charge in [-0.25, -0.2) is 9.18 Å². The van der Waals surface area contributed by atoms with Crippen LogP contribution >= 0.6 is 15.9 Å². The molecule has 0 aliphatic rings. The standard InChI is InChI=1S/C13H12BrF2N5O2/c1-8(7-17)23-12-6-11(10(16)5-9(12)14)21-13(22)20(18-19-21)4-2-3-15/h5-6,8H,2-4H2,1H3. The summed E-state index contributed by atoms with van der Waals surface area (Å²) in [4.78, 5) is 12.1. The van der Waals surface area contributed by atoms with Crippen LogP contribution in [0.15, 0.2) is 21.4 Å². The van der Waals surface area contributed by atoms with E-state index in [0.717, 1.165) is 15.4 Å². The summed E-state index contributed by atoms with van der Waals surface area (Å²) in [6.45, 7) is 0.965. The molecular weight excluding hydrogens is 376 g/mol. The van der Waals surface area contributed by atoms with E-state index in [0.29, 0.717) is 4.47 Å². The predicted molar refractivity (Wildman–Crippen MR) is 79.6 cm³/mol. The van der Waals surface area contributed by atoms with Gasteiger partial charge >= 0.3 is 5.69 Å². The zero-order chi connectivity index (χ0) is 17.0. The van der Waals surface area contributed by atoms with Crippen LogP contribution in [-0.4, -0.2) is 32.6 Å². The monoisotopic (exact) mass is 387 g/mol. The van der Waals surface area contributed by atoms with E-state index in [1.165, 1.54) is 13.0 Å². The number of aryl methyl sites for hydroxylation is 1. The largest absolute Gasteiger partial charge is 0.475 e. The van der Waals surface area contributed by atoms with Crippen LogP contribution in [0.1, 0.15) is 13.3 Å². The molecule has 0 aliphatic heterocycles. The highest BCUT2D eigenvalue weighted by Gasteiger charge is 2.17. The van der Waals surface area contributed by atoms with Gasteiger partial charge in [-0.1, -0.05) is 0 Å². The van der Waals surface area contributed by atoms with Gasteiger partial charge in [-0.2, -0.15) is 14.6 Å². The molecule has 0 spiro atoms. The molecule has 0 aliphatic carbocycles. The van der Waals surface area contributed by atoms with Gasteiger partial charge < -0.3 is 4.74 Å². The molecule has 0 saturated carbocycles. The Morgan fingerprint density at radius 2 is 2.22 bits per heavy atom. The number of halogens is 3. The second kappa shape index (κ2) is 7.32. The summed E-state index contributed by atoms with van der Waals surface area (Å²) in [6, 6.07) is 4.22. The lowest BCUT2D eigenvalue weighted by molar-refractivity contribution is 0.274. The summed E-state index contributed by atoms with van der Waals surface area (Å²) >= 11 is 3.12. The second-order valence-electron chi connectivity index (χ2n) is 4.56. The molecule has 23 heavy (non-hydrogen) atoms. The van der Waals surface area contributed by atoms with Crippen molar-refractivity contribution in [3.63, 3.8) is 0 Å². The average Bonchev–Trinajstić information content (AvgIpc) is 2.88. The van der Waals surface area contributed by atoms with E-state index >= 15 is 0 Å². The Kier molecular flexibility index (Phi) is 5.44. The summed E-state index contributed by atoms with van der Waals surface area (Å²) in [6.07, 6.45) is -0.656. The van der Waals surface area contributed by atoms with Crippen LogP contribution in [0.4, 0.5) is 8.78 Å². The van der Waals surface area contributed by atoms with E-state index in [4.69, 9.17) is 10.00 Å². The van der Waals surface area contributed by atoms with Crippen molar-refractivity contribution in [3.05, 3.63) is 32.9 Å². The van der Waals surface area contributed by atoms with Crippen molar-refractivity contribution >= 4 is 15.9 Å². The number of tetrazole rings is 1. The van der Waals surface area contributed by atoms with Gasteiger partial charge in [-0.05, 0) is 45.8 Å². The summed E-state index contributed by atoms with van der Waals surface area (Å²) < 4.78 is 33.6. The Hall–Kier alpha value is -2.28. The van der Waals surface area contributed by atoms with Gasteiger partial charge in [-0.15, -0.1) is 0 Å². The normalized spacial score (nSPS) is 12.0. The minimum Gasteiger partial charge on any atom is -0.475 e. The van der Waals surface area contributed by atoms with E-state index in [-0.39, 0.29) is 24.4 Å². The van der Waals surface area contributed by atoms with Crippen molar-refractivity contribution in [3.8, 4) is 17.5 Å². The Labute approximate surface area is 138 Å². The molecule has 1 aromatic heterocycles. The third-order valence-electron chi connectivity index (χ3n) is 2.86. The number of rotatable bonds is 6. The maximum Gasteiger partial charge on any atom is 0.368 e. The molecule has 7 nitrogen and oxygen atoms in total. The molecule has 122 valence electrons. The Morgan fingerprint density at radius 3 is 2.87 bits per heavy atom. The third kappa shape index (κ3) is 3.73. The van der Waals surface area contributed by atoms with Crippen LogP contribution in [-0.2, 0) is 6.54 Å². The van der Waals surface area contributed by atoms with E-state index in [1.807, 2.05) is 6.07 Å². The molecule has 0 N–H and O–H groups in total. The first-order valence-electron chi connectivity index (χ1n) is 6.62. The molecule has 1 atom stereocenters. The molecule has 0 saturated heterocycles. The van der Waals surface area contributed by atoms with Gasteiger partial charge in [0.15, 0.2) is 11.9 Å². The lowest BCUT2D eigenvalue weighted by Gasteiger charge is -2.11. The molecule has 10 heteroatoms. The average molecular weight is 388 g/mol. The first kappa shape index (κ1) is 17.1. The smallest absolute Gasteiger partial charge is 0.368 e. The van der Waals surface area contributed by atoms with E-state index in [2.05, 4.69) is 26.4 Å². The first-order valence-corrected chi connectivity index (χ1v) is 7.41. The fourth-order valence-electron chi connectivity index (χ4n) is 1.76. The molecule has 0 radical (unpaired) electrons. The van der Waals surface area contributed by atoms with Gasteiger partial charge in [0.05, 0.1) is 17.7 Å². The van der Waals surface area contributed by atoms with Crippen LogP contribution in [0.3, 0.4) is 0 Å². The van der Waals surface area contributed by atoms with Crippen LogP contribution < -0.4 is 10.4 Å². The van der Waals surface area contributed by atoms with Gasteiger partial charge in [0.25, 0.3) is 0 Å². The van der Waals surface area contributed by atoms with Gasteiger partial charge in [-0.3, -0.25) is 4.39 Å². The maximum absolute atomic E-state index is 14.1. The third-order valence-corrected chi connectivity index (χ3v) is 3.48. The number of nitrogens with zero attached hydrogens (tertiary/aromatic N) is 5. The molecule has 1 heterocycles. The van der Waals surface area contributed by atoms with Crippen molar-refractivity contribution in [1.29, 1.82) is 5.26 Å². The van der Waals surface area contributed by atoms with Crippen molar-refractivity contribution < 1.29 is 13.5 Å². The summed E-state index contributed by atoms with van der Waals surface area (Å²) in [7, 11) is 0. The van der Waals surface area contributed by atoms with Crippen molar-refractivity contribution in [2.75, 3.05) is 6.67 Å². The molecule has 2 aromatic rings. The zero-order valence-corrected chi connectivity index (χ0v) is 13.6. The summed E-state index contributed by atoms with van der Waals surface area (Å²) in [5, 5.41) is 15.9. The van der Waals surface area contributed by atoms with Crippen molar-refractivity contribution in [1.82, 2.24) is 19.8 Å². The van der Waals surface area contributed by atoms with Crippen LogP contribution in [0.25, 0.3) is 5.69 Å². The number of alkyl halides is 1. The topological polar surface area (TPSA) is 85.7 Å². The highest BCUT2D eigenvalue weighted by molar-refractivity contribution is 9.10. The number of hydrogen-bond donors (Lipinski definition) is 0. The fraction of sp³-hybridized carbons (Fsp3) is 0.385. The van der Waals surface area contributed by atoms with Crippen molar-refractivity contribution in [2.45, 2.75) is 26.0 Å². The van der Waals surface area contributed by atoms with Crippen LogP contribution in [0.2, 0.25) is 0 Å². The van der Waals surface area contributed by atoms with E-state index in [9.17, 15) is 13.6 Å². The maximum atomic E-state index is 14.1. The van der Waals surface area contributed by atoms with Crippen molar-refractivity contribution in [2.24, 2.45) is 0 Å². The van der Waals surface area contributed by atoms with E-state index in [1.54, 1.807) is 0 Å². The summed E-state index contributed by atoms with van der Waals surface area (Å²) in [5.74, 6) is -0.547. The van der Waals surface area contributed by atoms with Crippen LogP contribution in [0.5, 0.6) is 5.75 Å². The molecule has 0 fully saturated rings. The minimum atomic E-state index is -0.762. The van der Waals surface area contributed by atoms with Crippen LogP contribution in [0, 0.1) is 17.1 Å². The zero-order valence-electron chi connectivity index (χ0n) is 12.0. The number of benzene rings is 1. The van der Waals surface area contributed by atoms with Gasteiger partial charge in [0.2, 0.25) is 0 Å². The fourth-order valence-corrected chi connectivity index (χ4v) is 2.17.